The van der Waals surface area contributed by atoms with Gasteiger partial charge in [-0.2, -0.15) is 0 Å². The Morgan fingerprint density at radius 2 is 1.52 bits per heavy atom. The summed E-state index contributed by atoms with van der Waals surface area (Å²) in [5.41, 5.74) is 3.34. The van der Waals surface area contributed by atoms with Gasteiger partial charge in [0, 0.05) is 5.02 Å². The highest BCUT2D eigenvalue weighted by molar-refractivity contribution is 6.39. The maximum absolute atomic E-state index is 13.6. The van der Waals surface area contributed by atoms with Crippen LogP contribution in [0.3, 0.4) is 0 Å². The highest BCUT2D eigenvalue weighted by Crippen LogP contribution is 2.60. The first-order valence-electron chi connectivity index (χ1n) is 15.5. The van der Waals surface area contributed by atoms with Crippen molar-refractivity contribution in [2.45, 2.75) is 57.5 Å². The predicted octanol–water partition coefficient (Wildman–Crippen LogP) is 7.45. The molecule has 8 rings (SSSR count). The normalized spacial score (nSPS) is 26.7. The van der Waals surface area contributed by atoms with E-state index < -0.39 is 17.8 Å². The van der Waals surface area contributed by atoms with Crippen molar-refractivity contribution in [3.8, 4) is 11.5 Å². The maximum atomic E-state index is 13.6. The Kier molecular flexibility index (Phi) is 7.45. The van der Waals surface area contributed by atoms with Crippen molar-refractivity contribution in [3.63, 3.8) is 0 Å². The first-order chi connectivity index (χ1) is 21.3. The molecule has 0 spiro atoms. The molecule has 0 atom stereocenters. The zero-order valence-corrected chi connectivity index (χ0v) is 25.4. The van der Waals surface area contributed by atoms with Gasteiger partial charge in [-0.3, -0.25) is 14.9 Å². The second-order valence-corrected chi connectivity index (χ2v) is 13.2. The van der Waals surface area contributed by atoms with Crippen molar-refractivity contribution in [3.05, 3.63) is 94.0 Å². The second-order valence-electron chi connectivity index (χ2n) is 12.8. The number of anilines is 1. The molecule has 0 unspecified atom stereocenters. The van der Waals surface area contributed by atoms with Crippen LogP contribution in [0.5, 0.6) is 11.5 Å². The van der Waals surface area contributed by atoms with Crippen molar-refractivity contribution in [2.24, 2.45) is 17.8 Å². The number of urea groups is 1. The quantitative estimate of drug-likeness (QED) is 0.211. The smallest absolute Gasteiger partial charge is 0.335 e. The topological polar surface area (TPSA) is 84.9 Å². The maximum Gasteiger partial charge on any atom is 0.335 e. The molecule has 44 heavy (non-hydrogen) atoms. The Morgan fingerprint density at radius 3 is 2.16 bits per heavy atom. The van der Waals surface area contributed by atoms with Crippen molar-refractivity contribution < 1.29 is 23.9 Å². The molecule has 4 saturated carbocycles. The van der Waals surface area contributed by atoms with Gasteiger partial charge < -0.3 is 9.47 Å². The number of amides is 4. The number of carbonyl (C=O) groups excluding carboxylic acids is 3. The number of halogens is 1. The lowest BCUT2D eigenvalue weighted by Gasteiger charge is -2.57. The molecule has 3 aromatic carbocycles. The summed E-state index contributed by atoms with van der Waals surface area (Å²) in [6.07, 6.45) is 9.29. The Balaban J connectivity index is 1.11. The zero-order chi connectivity index (χ0) is 30.4. The first-order valence-corrected chi connectivity index (χ1v) is 15.8. The minimum Gasteiger partial charge on any atom is -0.490 e. The lowest BCUT2D eigenvalue weighted by atomic mass is 9.48. The molecule has 5 aliphatic rings. The van der Waals surface area contributed by atoms with Crippen LogP contribution in [-0.4, -0.2) is 24.5 Å². The average molecular weight is 611 g/mol. The molecule has 3 aromatic rings. The molecule has 0 aromatic heterocycles. The predicted molar refractivity (Wildman–Crippen MR) is 169 cm³/mol. The fourth-order valence-corrected chi connectivity index (χ4v) is 8.36. The van der Waals surface area contributed by atoms with Crippen LogP contribution in [0.15, 0.2) is 72.3 Å². The molecule has 4 amide bonds. The summed E-state index contributed by atoms with van der Waals surface area (Å²) >= 11 is 5.98. The van der Waals surface area contributed by atoms with Gasteiger partial charge in [0.15, 0.2) is 11.5 Å². The van der Waals surface area contributed by atoms with E-state index in [1.54, 1.807) is 30.3 Å². The van der Waals surface area contributed by atoms with Gasteiger partial charge in [0.2, 0.25) is 0 Å². The van der Waals surface area contributed by atoms with Gasteiger partial charge in [0.05, 0.1) is 12.3 Å². The third kappa shape index (κ3) is 5.38. The van der Waals surface area contributed by atoms with Crippen LogP contribution >= 0.6 is 11.6 Å². The van der Waals surface area contributed by atoms with Gasteiger partial charge >= 0.3 is 6.03 Å². The van der Waals surface area contributed by atoms with Crippen LogP contribution in [0.2, 0.25) is 5.02 Å². The van der Waals surface area contributed by atoms with Crippen LogP contribution in [0.4, 0.5) is 10.5 Å². The summed E-state index contributed by atoms with van der Waals surface area (Å²) in [4.78, 5) is 40.4. The summed E-state index contributed by atoms with van der Waals surface area (Å²) in [6.45, 7) is 2.58. The van der Waals surface area contributed by atoms with Crippen LogP contribution in [-0.2, 0) is 21.6 Å². The molecule has 226 valence electrons. The van der Waals surface area contributed by atoms with E-state index >= 15 is 0 Å². The molecule has 5 fully saturated rings. The Hall–Kier alpha value is -4.10. The average Bonchev–Trinajstić information content (AvgIpc) is 2.99. The minimum absolute atomic E-state index is 0.132. The number of nitrogens with one attached hydrogen (secondary N) is 1. The van der Waals surface area contributed by atoms with Gasteiger partial charge in [-0.05, 0) is 128 Å². The van der Waals surface area contributed by atoms with Gasteiger partial charge in [0.25, 0.3) is 11.8 Å². The second kappa shape index (κ2) is 11.4. The van der Waals surface area contributed by atoms with Crippen molar-refractivity contribution >= 4 is 41.2 Å². The van der Waals surface area contributed by atoms with E-state index in [1.165, 1.54) is 50.2 Å². The summed E-state index contributed by atoms with van der Waals surface area (Å²) < 4.78 is 11.8. The molecule has 8 heteroatoms. The third-order valence-corrected chi connectivity index (χ3v) is 10.0. The highest BCUT2D eigenvalue weighted by Gasteiger charge is 2.51. The van der Waals surface area contributed by atoms with E-state index in [1.807, 2.05) is 31.2 Å². The number of hydrogen-bond acceptors (Lipinski definition) is 5. The van der Waals surface area contributed by atoms with Crippen LogP contribution in [0, 0.1) is 17.8 Å². The van der Waals surface area contributed by atoms with Crippen molar-refractivity contribution in [2.75, 3.05) is 11.5 Å². The molecule has 4 bridgehead atoms. The molecule has 1 aliphatic heterocycles. The van der Waals surface area contributed by atoms with E-state index in [0.29, 0.717) is 41.0 Å². The molecular weight excluding hydrogens is 576 g/mol. The van der Waals surface area contributed by atoms with E-state index in [0.717, 1.165) is 28.2 Å². The number of rotatable bonds is 8. The third-order valence-electron chi connectivity index (χ3n) is 9.76. The molecule has 1 saturated heterocycles. The summed E-state index contributed by atoms with van der Waals surface area (Å²) in [5, 5.41) is 2.99. The summed E-state index contributed by atoms with van der Waals surface area (Å²) in [5.74, 6) is 2.07. The Morgan fingerprint density at radius 1 is 0.864 bits per heavy atom. The number of benzene rings is 3. The molecule has 4 aliphatic carbocycles. The van der Waals surface area contributed by atoms with Gasteiger partial charge in [0.1, 0.15) is 12.2 Å². The Labute approximate surface area is 262 Å². The van der Waals surface area contributed by atoms with Crippen LogP contribution in [0.1, 0.15) is 62.1 Å². The Bertz CT molecular complexity index is 1610. The number of nitrogens with zero attached hydrogens (tertiary/aromatic N) is 1. The molecule has 0 radical (unpaired) electrons. The summed E-state index contributed by atoms with van der Waals surface area (Å²) in [7, 11) is 0. The molecule has 1 heterocycles. The van der Waals surface area contributed by atoms with Gasteiger partial charge in [-0.15, -0.1) is 0 Å². The van der Waals surface area contributed by atoms with Crippen molar-refractivity contribution in [1.82, 2.24) is 5.32 Å². The van der Waals surface area contributed by atoms with Gasteiger partial charge in [-0.1, -0.05) is 41.9 Å². The lowest BCUT2D eigenvalue weighted by molar-refractivity contribution is -0.122. The number of ether oxygens (including phenoxy) is 2. The minimum atomic E-state index is -0.749. The molecule has 1 N–H and O–H groups in total. The van der Waals surface area contributed by atoms with E-state index in [2.05, 4.69) is 17.4 Å². The number of carbonyl (C=O) groups is 3. The lowest BCUT2D eigenvalue weighted by Crippen LogP contribution is -2.54. The SMILES string of the molecule is CCOc1cc(/C=C2\C(=O)NC(=O)N(c3ccc(C45CC6CC(CC(C6)C4)C5)cc3)C2=O)ccc1OCc1ccc(Cl)cc1. The number of imide groups is 2. The fourth-order valence-electron chi connectivity index (χ4n) is 8.23. The largest absolute Gasteiger partial charge is 0.490 e. The monoisotopic (exact) mass is 610 g/mol. The standard InChI is InChI=1S/C36H35ClN2O5/c1-2-43-32-17-23(5-12-31(32)44-21-22-3-8-28(37)9-4-22)16-30-33(40)38-35(42)39(34(30)41)29-10-6-27(7-11-29)36-18-24-13-25(19-36)15-26(14-24)20-36/h3-12,16-17,24-26H,2,13-15,18-21H2,1H3,(H,38,40,42)/b30-16+. The van der Waals surface area contributed by atoms with Gasteiger partial charge in [-0.25, -0.2) is 9.69 Å². The fraction of sp³-hybridized carbons (Fsp3) is 0.361. The van der Waals surface area contributed by atoms with Crippen molar-refractivity contribution in [1.29, 1.82) is 0 Å². The summed E-state index contributed by atoms with van der Waals surface area (Å²) in [6, 6.07) is 19.7. The number of hydrogen-bond donors (Lipinski definition) is 1. The van der Waals surface area contributed by atoms with Crippen LogP contribution < -0.4 is 19.7 Å². The molecular formula is C36H35ClN2O5. The molecule has 7 nitrogen and oxygen atoms in total. The van der Waals surface area contributed by atoms with E-state index in [4.69, 9.17) is 21.1 Å². The van der Waals surface area contributed by atoms with E-state index in [9.17, 15) is 14.4 Å². The first kappa shape index (κ1) is 28.7. The highest BCUT2D eigenvalue weighted by atomic mass is 35.5. The van der Waals surface area contributed by atoms with E-state index in [-0.39, 0.29) is 11.0 Å². The number of barbiturate groups is 1. The van der Waals surface area contributed by atoms with Crippen LogP contribution in [0.25, 0.3) is 6.08 Å². The zero-order valence-electron chi connectivity index (χ0n) is 24.7.